The maximum atomic E-state index is 7.16. The fourth-order valence-corrected chi connectivity index (χ4v) is 0.623. The molecule has 0 aromatic rings. The zero-order valence-corrected chi connectivity index (χ0v) is 5.22. The van der Waals surface area contributed by atoms with E-state index >= 15 is 0 Å². The van der Waals surface area contributed by atoms with Gasteiger partial charge in [0.15, 0.2) is 5.71 Å². The molecule has 0 heterocycles. The monoisotopic (exact) mass is 122 g/mol. The molecule has 0 atom stereocenters. The number of allylic oxidation sites excluding steroid dienone is 3. The third-order valence-corrected chi connectivity index (χ3v) is 1.07. The van der Waals surface area contributed by atoms with E-state index in [-0.39, 0.29) is 0 Å². The van der Waals surface area contributed by atoms with Gasteiger partial charge in [0, 0.05) is 0 Å². The zero-order chi connectivity index (χ0) is 6.69. The molecular weight excluding hydrogens is 114 g/mol. The minimum atomic E-state index is 0.481. The van der Waals surface area contributed by atoms with Crippen molar-refractivity contribution in [1.29, 1.82) is 5.41 Å². The van der Waals surface area contributed by atoms with Crippen LogP contribution in [0, 0.1) is 11.8 Å². The lowest BCUT2D eigenvalue weighted by Crippen LogP contribution is -1.97. The molecule has 0 aliphatic heterocycles. The first-order chi connectivity index (χ1) is 4.33. The molecule has 0 amide bonds. The molecule has 0 aromatic heterocycles. The van der Waals surface area contributed by atoms with Crippen molar-refractivity contribution < 1.29 is 4.74 Å². The molecular formula is C7H8NO+. The van der Waals surface area contributed by atoms with Crippen LogP contribution in [0.15, 0.2) is 24.0 Å². The van der Waals surface area contributed by atoms with Crippen LogP contribution in [-0.4, -0.2) is 12.8 Å². The lowest BCUT2D eigenvalue weighted by Gasteiger charge is -1.95. The van der Waals surface area contributed by atoms with Gasteiger partial charge >= 0.3 is 0 Å². The Morgan fingerprint density at radius 1 is 1.67 bits per heavy atom. The van der Waals surface area contributed by atoms with Crippen LogP contribution in [0.1, 0.15) is 0 Å². The van der Waals surface area contributed by atoms with Crippen LogP contribution >= 0.6 is 0 Å². The molecule has 1 aliphatic carbocycles. The van der Waals surface area contributed by atoms with Crippen LogP contribution in [0.5, 0.6) is 0 Å². The maximum Gasteiger partial charge on any atom is 0.233 e. The summed E-state index contributed by atoms with van der Waals surface area (Å²) < 4.78 is 4.88. The summed E-state index contributed by atoms with van der Waals surface area (Å²) >= 11 is 0. The SMILES string of the molecule is COC1=CC(=N)[CH+]C=C1. The number of hydrogen-bond acceptors (Lipinski definition) is 2. The average molecular weight is 122 g/mol. The quantitative estimate of drug-likeness (QED) is 0.522. The Kier molecular flexibility index (Phi) is 1.58. The van der Waals surface area contributed by atoms with Crippen molar-refractivity contribution >= 4 is 5.71 Å². The Labute approximate surface area is 54.3 Å². The van der Waals surface area contributed by atoms with Crippen LogP contribution in [0.25, 0.3) is 0 Å². The van der Waals surface area contributed by atoms with Crippen LogP contribution in [-0.2, 0) is 4.74 Å². The summed E-state index contributed by atoms with van der Waals surface area (Å²) in [7, 11) is 1.59. The molecule has 0 unspecified atom stereocenters. The van der Waals surface area contributed by atoms with Gasteiger partial charge in [-0.05, 0) is 0 Å². The van der Waals surface area contributed by atoms with Gasteiger partial charge in [-0.15, -0.1) is 0 Å². The van der Waals surface area contributed by atoms with E-state index in [4.69, 9.17) is 10.1 Å². The van der Waals surface area contributed by atoms with Gasteiger partial charge in [-0.3, -0.25) is 5.41 Å². The molecule has 0 bridgehead atoms. The van der Waals surface area contributed by atoms with E-state index in [1.165, 1.54) is 0 Å². The topological polar surface area (TPSA) is 33.1 Å². The fraction of sp³-hybridized carbons (Fsp3) is 0.143. The summed E-state index contributed by atoms with van der Waals surface area (Å²) in [5, 5.41) is 7.16. The predicted octanol–water partition coefficient (Wildman–Crippen LogP) is 1.31. The highest BCUT2D eigenvalue weighted by molar-refractivity contribution is 6.02. The summed E-state index contributed by atoms with van der Waals surface area (Å²) in [5.41, 5.74) is 0.481. The van der Waals surface area contributed by atoms with Crippen molar-refractivity contribution in [2.24, 2.45) is 0 Å². The van der Waals surface area contributed by atoms with Gasteiger partial charge in [0.1, 0.15) is 6.08 Å². The summed E-state index contributed by atoms with van der Waals surface area (Å²) in [6.45, 7) is 0. The van der Waals surface area contributed by atoms with Crippen molar-refractivity contribution in [2.45, 2.75) is 0 Å². The van der Waals surface area contributed by atoms with E-state index < -0.39 is 0 Å². The molecule has 2 nitrogen and oxygen atoms in total. The van der Waals surface area contributed by atoms with Gasteiger partial charge in [-0.2, -0.15) is 0 Å². The average Bonchev–Trinajstić information content (AvgIpc) is 1.88. The van der Waals surface area contributed by atoms with Gasteiger partial charge in [0.05, 0.1) is 25.7 Å². The van der Waals surface area contributed by atoms with Crippen LogP contribution in [0.3, 0.4) is 0 Å². The van der Waals surface area contributed by atoms with E-state index in [2.05, 4.69) is 0 Å². The summed E-state index contributed by atoms with van der Waals surface area (Å²) in [6.07, 6.45) is 6.99. The maximum absolute atomic E-state index is 7.16. The molecule has 0 fully saturated rings. The minimum absolute atomic E-state index is 0.481. The third kappa shape index (κ3) is 1.35. The summed E-state index contributed by atoms with van der Waals surface area (Å²) in [6, 6.07) is 0. The second kappa shape index (κ2) is 2.40. The molecule has 46 valence electrons. The van der Waals surface area contributed by atoms with Gasteiger partial charge in [-0.1, -0.05) is 0 Å². The molecule has 9 heavy (non-hydrogen) atoms. The number of hydrogen-bond donors (Lipinski definition) is 1. The lowest BCUT2D eigenvalue weighted by atomic mass is 10.1. The Hall–Kier alpha value is -1.18. The summed E-state index contributed by atoms with van der Waals surface area (Å²) in [4.78, 5) is 0. The molecule has 1 rings (SSSR count). The van der Waals surface area contributed by atoms with Gasteiger partial charge < -0.3 is 4.74 Å². The zero-order valence-electron chi connectivity index (χ0n) is 5.22. The van der Waals surface area contributed by atoms with Crippen molar-refractivity contribution in [3.8, 4) is 0 Å². The molecule has 1 N–H and O–H groups in total. The first-order valence-corrected chi connectivity index (χ1v) is 2.68. The second-order valence-electron chi connectivity index (χ2n) is 1.73. The highest BCUT2D eigenvalue weighted by atomic mass is 16.5. The lowest BCUT2D eigenvalue weighted by molar-refractivity contribution is 0.307. The molecule has 2 heteroatoms. The molecule has 0 saturated carbocycles. The third-order valence-electron chi connectivity index (χ3n) is 1.07. The largest absolute Gasteiger partial charge is 0.475 e. The Bertz CT molecular complexity index is 179. The highest BCUT2D eigenvalue weighted by Crippen LogP contribution is 2.05. The Morgan fingerprint density at radius 2 is 2.44 bits per heavy atom. The Balaban J connectivity index is 2.70. The standard InChI is InChI=1S/C7H8NO/c1-9-7-4-2-3-6(8)5-7/h2-5,8H,1H3/q+1. The second-order valence-corrected chi connectivity index (χ2v) is 1.73. The predicted molar refractivity (Wildman–Crippen MR) is 36.3 cm³/mol. The van der Waals surface area contributed by atoms with E-state index in [1.54, 1.807) is 25.7 Å². The fourth-order valence-electron chi connectivity index (χ4n) is 0.623. The smallest absolute Gasteiger partial charge is 0.233 e. The van der Waals surface area contributed by atoms with Crippen molar-refractivity contribution in [1.82, 2.24) is 0 Å². The van der Waals surface area contributed by atoms with Crippen LogP contribution in [0.4, 0.5) is 0 Å². The van der Waals surface area contributed by atoms with E-state index in [0.29, 0.717) is 5.71 Å². The number of nitrogens with one attached hydrogen (secondary N) is 1. The first kappa shape index (κ1) is 5.95. The summed E-state index contributed by atoms with van der Waals surface area (Å²) in [5.74, 6) is 0.738. The van der Waals surface area contributed by atoms with Crippen molar-refractivity contribution in [2.75, 3.05) is 7.11 Å². The molecule has 1 aliphatic rings. The normalized spacial score (nSPS) is 16.6. The number of methoxy groups -OCH3 is 1. The first-order valence-electron chi connectivity index (χ1n) is 2.68. The van der Waals surface area contributed by atoms with Crippen molar-refractivity contribution in [3.05, 3.63) is 30.4 Å². The molecule has 0 radical (unpaired) electrons. The molecule has 0 spiro atoms. The highest BCUT2D eigenvalue weighted by Gasteiger charge is 2.08. The van der Waals surface area contributed by atoms with Crippen molar-refractivity contribution in [3.63, 3.8) is 0 Å². The van der Waals surface area contributed by atoms with E-state index in [0.717, 1.165) is 5.76 Å². The van der Waals surface area contributed by atoms with Crippen LogP contribution < -0.4 is 0 Å². The van der Waals surface area contributed by atoms with E-state index in [9.17, 15) is 0 Å². The Morgan fingerprint density at radius 3 is 2.89 bits per heavy atom. The number of ether oxygens (including phenoxy) is 1. The van der Waals surface area contributed by atoms with Crippen LogP contribution in [0.2, 0.25) is 0 Å². The van der Waals surface area contributed by atoms with E-state index in [1.807, 2.05) is 6.08 Å². The number of rotatable bonds is 1. The molecule has 0 aromatic carbocycles. The van der Waals surface area contributed by atoms with Gasteiger partial charge in [0.2, 0.25) is 5.76 Å². The molecule has 0 saturated heterocycles. The van der Waals surface area contributed by atoms with Gasteiger partial charge in [-0.25, -0.2) is 0 Å². The van der Waals surface area contributed by atoms with Gasteiger partial charge in [0.25, 0.3) is 0 Å². The minimum Gasteiger partial charge on any atom is -0.475 e.